The van der Waals surface area contributed by atoms with Crippen LogP contribution in [0.5, 0.6) is 0 Å². The highest BCUT2D eigenvalue weighted by molar-refractivity contribution is 6.39. The van der Waals surface area contributed by atoms with Crippen molar-refractivity contribution in [2.45, 2.75) is 20.8 Å². The van der Waals surface area contributed by atoms with Gasteiger partial charge in [-0.1, -0.05) is 29.3 Å². The molecule has 6 nitrogen and oxygen atoms in total. The Kier molecular flexibility index (Phi) is 6.28. The quantitative estimate of drug-likeness (QED) is 0.353. The molecule has 9 heteroatoms. The largest absolute Gasteiger partial charge is 0.323 e. The van der Waals surface area contributed by atoms with E-state index in [1.165, 1.54) is 17.0 Å². The first-order valence-corrected chi connectivity index (χ1v) is 11.1. The number of benzene rings is 2. The van der Waals surface area contributed by atoms with Crippen molar-refractivity contribution in [2.75, 3.05) is 16.8 Å². The molecule has 0 spiro atoms. The van der Waals surface area contributed by atoms with Gasteiger partial charge in [0, 0.05) is 25.9 Å². The summed E-state index contributed by atoms with van der Waals surface area (Å²) < 4.78 is 16.8. The first-order chi connectivity index (χ1) is 15.7. The third-order valence-electron chi connectivity index (χ3n) is 5.60. The number of imidazole rings is 1. The Balaban J connectivity index is 1.74. The summed E-state index contributed by atoms with van der Waals surface area (Å²) in [5.74, 6) is -0.240. The zero-order valence-corrected chi connectivity index (χ0v) is 20.1. The van der Waals surface area contributed by atoms with Gasteiger partial charge in [-0.3, -0.25) is 9.69 Å². The average Bonchev–Trinajstić information content (AvgIpc) is 3.07. The van der Waals surface area contributed by atoms with Crippen molar-refractivity contribution >= 4 is 57.6 Å². The van der Waals surface area contributed by atoms with E-state index in [9.17, 15) is 4.79 Å². The summed E-state index contributed by atoms with van der Waals surface area (Å²) in [6.07, 6.45) is 1.71. The van der Waals surface area contributed by atoms with Crippen molar-refractivity contribution in [2.24, 2.45) is 7.05 Å². The first kappa shape index (κ1) is 23.0. The summed E-state index contributed by atoms with van der Waals surface area (Å²) in [6.45, 7) is 6.05. The van der Waals surface area contributed by atoms with Gasteiger partial charge in [-0.25, -0.2) is 14.4 Å². The van der Waals surface area contributed by atoms with Crippen LogP contribution in [0, 0.1) is 19.7 Å². The van der Waals surface area contributed by atoms with Crippen LogP contribution in [0.1, 0.15) is 28.4 Å². The van der Waals surface area contributed by atoms with Crippen LogP contribution in [-0.4, -0.2) is 27.0 Å². The second-order valence-corrected chi connectivity index (χ2v) is 8.53. The van der Waals surface area contributed by atoms with Crippen LogP contribution in [0.25, 0.3) is 11.0 Å². The van der Waals surface area contributed by atoms with Crippen LogP contribution in [0.2, 0.25) is 10.0 Å². The summed E-state index contributed by atoms with van der Waals surface area (Å²) in [5.41, 5.74) is 3.40. The Morgan fingerprint density at radius 1 is 1.15 bits per heavy atom. The van der Waals surface area contributed by atoms with Crippen molar-refractivity contribution in [3.8, 4) is 0 Å². The third kappa shape index (κ3) is 4.26. The topological polar surface area (TPSA) is 63.1 Å². The lowest BCUT2D eigenvalue weighted by molar-refractivity contribution is 0.0984. The fourth-order valence-electron chi connectivity index (χ4n) is 3.53. The number of nitrogens with zero attached hydrogens (tertiary/aromatic N) is 4. The number of carbonyl (C=O) groups is 1. The summed E-state index contributed by atoms with van der Waals surface area (Å²) >= 11 is 12.5. The maximum Gasteiger partial charge on any atom is 0.262 e. The highest BCUT2D eigenvalue weighted by Gasteiger charge is 2.23. The molecule has 2 aromatic carbocycles. The predicted octanol–water partition coefficient (Wildman–Crippen LogP) is 6.44. The number of amides is 1. The number of aromatic nitrogens is 3. The summed E-state index contributed by atoms with van der Waals surface area (Å²) in [4.78, 5) is 23.6. The fraction of sp³-hybridized carbons (Fsp3) is 0.208. The van der Waals surface area contributed by atoms with E-state index in [4.69, 9.17) is 23.2 Å². The lowest BCUT2D eigenvalue weighted by Crippen LogP contribution is -2.32. The fourth-order valence-corrected chi connectivity index (χ4v) is 4.02. The molecule has 0 bridgehead atoms. The number of anilines is 3. The molecule has 0 aliphatic carbocycles. The van der Waals surface area contributed by atoms with Gasteiger partial charge in [-0.15, -0.1) is 0 Å². The van der Waals surface area contributed by atoms with Gasteiger partial charge >= 0.3 is 0 Å². The monoisotopic (exact) mass is 485 g/mol. The molecule has 2 heterocycles. The molecule has 1 amide bonds. The number of carbonyl (C=O) groups excluding carboxylic acids is 1. The summed E-state index contributed by atoms with van der Waals surface area (Å²) in [6, 6.07) is 9.72. The Morgan fingerprint density at radius 2 is 1.85 bits per heavy atom. The summed E-state index contributed by atoms with van der Waals surface area (Å²) in [5, 5.41) is 3.95. The second-order valence-electron chi connectivity index (χ2n) is 7.71. The van der Waals surface area contributed by atoms with Gasteiger partial charge in [0.2, 0.25) is 5.95 Å². The lowest BCUT2D eigenvalue weighted by Gasteiger charge is -2.21. The van der Waals surface area contributed by atoms with Crippen molar-refractivity contribution in [3.63, 3.8) is 0 Å². The highest BCUT2D eigenvalue weighted by Crippen LogP contribution is 2.33. The number of nitrogens with one attached hydrogen (secondary N) is 1. The number of pyridine rings is 1. The van der Waals surface area contributed by atoms with Gasteiger partial charge < -0.3 is 9.88 Å². The maximum absolute atomic E-state index is 15.1. The molecular weight excluding hydrogens is 464 g/mol. The number of hydrogen-bond acceptors (Lipinski definition) is 4. The minimum atomic E-state index is -0.639. The minimum absolute atomic E-state index is 0.0789. The van der Waals surface area contributed by atoms with Gasteiger partial charge in [0.15, 0.2) is 0 Å². The lowest BCUT2D eigenvalue weighted by atomic mass is 10.1. The number of halogens is 3. The molecule has 0 unspecified atom stereocenters. The van der Waals surface area contributed by atoms with Crippen LogP contribution < -0.4 is 10.2 Å². The second kappa shape index (κ2) is 9.00. The van der Waals surface area contributed by atoms with E-state index in [0.29, 0.717) is 45.1 Å². The zero-order valence-electron chi connectivity index (χ0n) is 18.6. The molecule has 0 saturated carbocycles. The molecule has 0 saturated heterocycles. The molecule has 4 aromatic rings. The Hall–Kier alpha value is -3.16. The SMILES string of the molecule is CCN(C(=O)c1cc2nc(Nc3c(Cl)cccc3Cl)n(C)c2cc1F)c1cc(C)c(C)cn1. The van der Waals surface area contributed by atoms with Gasteiger partial charge in [0.05, 0.1) is 32.3 Å². The van der Waals surface area contributed by atoms with E-state index in [0.717, 1.165) is 11.1 Å². The van der Waals surface area contributed by atoms with Gasteiger partial charge in [-0.05, 0) is 56.2 Å². The molecule has 0 radical (unpaired) electrons. The van der Waals surface area contributed by atoms with Gasteiger partial charge in [0.25, 0.3) is 5.91 Å². The molecule has 2 aromatic heterocycles. The molecule has 0 atom stereocenters. The highest BCUT2D eigenvalue weighted by atomic mass is 35.5. The van der Waals surface area contributed by atoms with Crippen LogP contribution in [-0.2, 0) is 7.05 Å². The molecule has 4 rings (SSSR count). The zero-order chi connectivity index (χ0) is 23.9. The number of aryl methyl sites for hydroxylation is 3. The number of para-hydroxylation sites is 1. The van der Waals surface area contributed by atoms with Crippen molar-refractivity contribution in [3.05, 3.63) is 75.1 Å². The molecule has 33 heavy (non-hydrogen) atoms. The van der Waals surface area contributed by atoms with E-state index in [-0.39, 0.29) is 5.56 Å². The van der Waals surface area contributed by atoms with Crippen LogP contribution in [0.15, 0.2) is 42.6 Å². The average molecular weight is 486 g/mol. The van der Waals surface area contributed by atoms with Crippen molar-refractivity contribution in [1.82, 2.24) is 14.5 Å². The molecule has 1 N–H and O–H groups in total. The number of hydrogen-bond donors (Lipinski definition) is 1. The van der Waals surface area contributed by atoms with Crippen molar-refractivity contribution in [1.29, 1.82) is 0 Å². The Bertz CT molecular complexity index is 1370. The molecule has 0 aliphatic heterocycles. The standard InChI is InChI=1S/C24H22Cl2FN5O/c1-5-32(21-9-13(2)14(3)12-28-21)23(33)15-10-19-20(11-18(15)27)31(4)24(29-19)30-22-16(25)7-6-8-17(22)26/h6-12H,5H2,1-4H3,(H,29,30). The number of rotatable bonds is 5. The summed E-state index contributed by atoms with van der Waals surface area (Å²) in [7, 11) is 1.74. The van der Waals surface area contributed by atoms with Crippen LogP contribution in [0.3, 0.4) is 0 Å². The van der Waals surface area contributed by atoms with Crippen LogP contribution in [0.4, 0.5) is 21.8 Å². The van der Waals surface area contributed by atoms with E-state index < -0.39 is 11.7 Å². The normalized spacial score (nSPS) is 11.1. The van der Waals surface area contributed by atoms with Gasteiger partial charge in [-0.2, -0.15) is 0 Å². The third-order valence-corrected chi connectivity index (χ3v) is 6.23. The van der Waals surface area contributed by atoms with Crippen LogP contribution >= 0.6 is 23.2 Å². The van der Waals surface area contributed by atoms with E-state index >= 15 is 4.39 Å². The van der Waals surface area contributed by atoms with E-state index in [1.807, 2.05) is 26.8 Å². The smallest absolute Gasteiger partial charge is 0.262 e. The Morgan fingerprint density at radius 3 is 2.48 bits per heavy atom. The van der Waals surface area contributed by atoms with Gasteiger partial charge in [0.1, 0.15) is 11.6 Å². The minimum Gasteiger partial charge on any atom is -0.323 e. The molecule has 0 fully saturated rings. The predicted molar refractivity (Wildman–Crippen MR) is 131 cm³/mol. The first-order valence-electron chi connectivity index (χ1n) is 10.3. The van der Waals surface area contributed by atoms with E-state index in [2.05, 4.69) is 15.3 Å². The molecule has 0 aliphatic rings. The van der Waals surface area contributed by atoms with Crippen molar-refractivity contribution < 1.29 is 9.18 Å². The van der Waals surface area contributed by atoms with E-state index in [1.54, 1.807) is 36.0 Å². The Labute approximate surface area is 201 Å². The number of fused-ring (bicyclic) bond motifs is 1. The molecule has 170 valence electrons. The molecular formula is C24H22Cl2FN5O. The maximum atomic E-state index is 15.1.